The fraction of sp³-hybridized carbons (Fsp3) is 0.263. The largest absolute Gasteiger partial charge is 0.461 e. The van der Waals surface area contributed by atoms with Crippen molar-refractivity contribution in [1.29, 1.82) is 0 Å². The van der Waals surface area contributed by atoms with Gasteiger partial charge in [0.05, 0.1) is 0 Å². The Morgan fingerprint density at radius 1 is 1.05 bits per heavy atom. The second-order valence-electron chi connectivity index (χ2n) is 5.46. The lowest BCUT2D eigenvalue weighted by molar-refractivity contribution is 0.219. The summed E-state index contributed by atoms with van der Waals surface area (Å²) in [6, 6.07) is 16.1. The molecule has 2 aromatic carbocycles. The van der Waals surface area contributed by atoms with Gasteiger partial charge in [-0.15, -0.1) is 0 Å². The zero-order valence-corrected chi connectivity index (χ0v) is 12.5. The second-order valence-corrected chi connectivity index (χ2v) is 5.46. The molecule has 0 aliphatic rings. The summed E-state index contributed by atoms with van der Waals surface area (Å²) in [7, 11) is 0. The van der Waals surface area contributed by atoms with E-state index in [0.717, 1.165) is 40.7 Å². The number of furan rings is 1. The van der Waals surface area contributed by atoms with Gasteiger partial charge in [-0.3, -0.25) is 0 Å². The highest BCUT2D eigenvalue weighted by Crippen LogP contribution is 2.33. The van der Waals surface area contributed by atoms with Crippen molar-refractivity contribution >= 4 is 11.0 Å². The first-order chi connectivity index (χ1) is 10.2. The Morgan fingerprint density at radius 2 is 1.76 bits per heavy atom. The molecule has 1 atom stereocenters. The lowest BCUT2D eigenvalue weighted by Crippen LogP contribution is -2.00. The third-order valence-corrected chi connectivity index (χ3v) is 3.93. The Kier molecular flexibility index (Phi) is 3.80. The molecule has 2 heteroatoms. The quantitative estimate of drug-likeness (QED) is 0.746. The van der Waals surface area contributed by atoms with E-state index in [1.54, 1.807) is 0 Å². The number of aryl methyl sites for hydroxylation is 2. The Bertz CT molecular complexity index is 738. The molecule has 0 bridgehead atoms. The summed E-state index contributed by atoms with van der Waals surface area (Å²) in [5, 5.41) is 11.7. The Labute approximate surface area is 125 Å². The van der Waals surface area contributed by atoms with Crippen LogP contribution in [0.25, 0.3) is 11.0 Å². The van der Waals surface area contributed by atoms with Crippen molar-refractivity contribution in [3.05, 3.63) is 71.0 Å². The molecule has 0 amide bonds. The molecule has 108 valence electrons. The zero-order chi connectivity index (χ0) is 14.8. The van der Waals surface area contributed by atoms with E-state index in [0.29, 0.717) is 0 Å². The topological polar surface area (TPSA) is 33.4 Å². The third kappa shape index (κ3) is 2.59. The van der Waals surface area contributed by atoms with Gasteiger partial charge in [0, 0.05) is 10.9 Å². The van der Waals surface area contributed by atoms with Gasteiger partial charge >= 0.3 is 0 Å². The average Bonchev–Trinajstić information content (AvgIpc) is 2.83. The molecule has 2 nitrogen and oxygen atoms in total. The van der Waals surface area contributed by atoms with Crippen LogP contribution in [0.15, 0.2) is 52.9 Å². The minimum atomic E-state index is -0.649. The van der Waals surface area contributed by atoms with Gasteiger partial charge in [-0.25, -0.2) is 0 Å². The molecule has 3 aromatic rings. The normalized spacial score (nSPS) is 12.7. The molecule has 0 saturated heterocycles. The Hall–Kier alpha value is -2.06. The summed E-state index contributed by atoms with van der Waals surface area (Å²) in [6.07, 6.45) is 1.56. The fourth-order valence-corrected chi connectivity index (χ4v) is 2.85. The van der Waals surface area contributed by atoms with E-state index in [2.05, 4.69) is 19.1 Å². The van der Waals surface area contributed by atoms with Crippen molar-refractivity contribution in [2.75, 3.05) is 0 Å². The maximum absolute atomic E-state index is 10.7. The minimum Gasteiger partial charge on any atom is -0.461 e. The summed E-state index contributed by atoms with van der Waals surface area (Å²) < 4.78 is 5.74. The number of hydrogen-bond acceptors (Lipinski definition) is 2. The summed E-state index contributed by atoms with van der Waals surface area (Å²) in [5.74, 6) is 0.779. The highest BCUT2D eigenvalue weighted by atomic mass is 16.3. The first-order valence-corrected chi connectivity index (χ1v) is 7.45. The standard InChI is InChI=1S/C19H20O2/c1-3-6-14-9-11-15(12-10-14)19(20)18-13(2)21-17-8-5-4-7-16(17)18/h4-5,7-12,19-20H,3,6H2,1-2H3. The maximum Gasteiger partial charge on any atom is 0.134 e. The summed E-state index contributed by atoms with van der Waals surface area (Å²) >= 11 is 0. The zero-order valence-electron chi connectivity index (χ0n) is 12.5. The van der Waals surface area contributed by atoms with Crippen LogP contribution in [-0.4, -0.2) is 5.11 Å². The first kappa shape index (κ1) is 13.9. The van der Waals surface area contributed by atoms with Crippen LogP contribution in [0.1, 0.15) is 41.9 Å². The summed E-state index contributed by atoms with van der Waals surface area (Å²) in [6.45, 7) is 4.08. The number of para-hydroxylation sites is 1. The Morgan fingerprint density at radius 3 is 2.48 bits per heavy atom. The molecule has 1 N–H and O–H groups in total. The van der Waals surface area contributed by atoms with Crippen molar-refractivity contribution in [1.82, 2.24) is 0 Å². The molecule has 0 saturated carbocycles. The van der Waals surface area contributed by atoms with Crippen LogP contribution >= 0.6 is 0 Å². The van der Waals surface area contributed by atoms with Crippen molar-refractivity contribution in [3.8, 4) is 0 Å². The molecule has 21 heavy (non-hydrogen) atoms. The molecule has 0 fully saturated rings. The molecular formula is C19H20O2. The van der Waals surface area contributed by atoms with E-state index in [4.69, 9.17) is 4.42 Å². The second kappa shape index (κ2) is 5.74. The van der Waals surface area contributed by atoms with Gasteiger partial charge in [-0.1, -0.05) is 55.8 Å². The summed E-state index contributed by atoms with van der Waals surface area (Å²) in [4.78, 5) is 0. The number of fused-ring (bicyclic) bond motifs is 1. The minimum absolute atomic E-state index is 0.649. The van der Waals surface area contributed by atoms with E-state index in [-0.39, 0.29) is 0 Å². The highest BCUT2D eigenvalue weighted by molar-refractivity contribution is 5.83. The van der Waals surface area contributed by atoms with Crippen LogP contribution in [0.2, 0.25) is 0 Å². The average molecular weight is 280 g/mol. The number of hydrogen-bond donors (Lipinski definition) is 1. The molecular weight excluding hydrogens is 260 g/mol. The number of rotatable bonds is 4. The van der Waals surface area contributed by atoms with Crippen LogP contribution in [0.5, 0.6) is 0 Å². The highest BCUT2D eigenvalue weighted by Gasteiger charge is 2.19. The predicted octanol–water partition coefficient (Wildman–Crippen LogP) is 4.78. The maximum atomic E-state index is 10.7. The summed E-state index contributed by atoms with van der Waals surface area (Å²) in [5.41, 5.74) is 3.91. The fourth-order valence-electron chi connectivity index (χ4n) is 2.85. The van der Waals surface area contributed by atoms with Gasteiger partial charge in [0.25, 0.3) is 0 Å². The lowest BCUT2D eigenvalue weighted by atomic mass is 9.97. The van der Waals surface area contributed by atoms with Crippen molar-refractivity contribution in [3.63, 3.8) is 0 Å². The smallest absolute Gasteiger partial charge is 0.134 e. The first-order valence-electron chi connectivity index (χ1n) is 7.45. The molecule has 1 aromatic heterocycles. The molecule has 3 rings (SSSR count). The molecule has 0 aliphatic heterocycles. The van der Waals surface area contributed by atoms with Crippen molar-refractivity contribution in [2.45, 2.75) is 32.8 Å². The van der Waals surface area contributed by atoms with Gasteiger partial charge in [0.1, 0.15) is 17.4 Å². The predicted molar refractivity (Wildman–Crippen MR) is 85.4 cm³/mol. The van der Waals surface area contributed by atoms with E-state index in [1.165, 1.54) is 5.56 Å². The monoisotopic (exact) mass is 280 g/mol. The van der Waals surface area contributed by atoms with Gasteiger partial charge in [0.2, 0.25) is 0 Å². The SMILES string of the molecule is CCCc1ccc(C(O)c2c(C)oc3ccccc23)cc1. The van der Waals surface area contributed by atoms with Gasteiger partial charge < -0.3 is 9.52 Å². The van der Waals surface area contributed by atoms with Crippen LogP contribution in [0.3, 0.4) is 0 Å². The molecule has 1 heterocycles. The van der Waals surface area contributed by atoms with E-state index >= 15 is 0 Å². The number of aliphatic hydroxyl groups is 1. The van der Waals surface area contributed by atoms with E-state index in [1.807, 2.05) is 43.3 Å². The van der Waals surface area contributed by atoms with Crippen molar-refractivity contribution < 1.29 is 9.52 Å². The number of aliphatic hydroxyl groups excluding tert-OH is 1. The third-order valence-electron chi connectivity index (χ3n) is 3.93. The van der Waals surface area contributed by atoms with Crippen LogP contribution in [-0.2, 0) is 6.42 Å². The van der Waals surface area contributed by atoms with Gasteiger partial charge in [-0.05, 0) is 30.5 Å². The van der Waals surface area contributed by atoms with Crippen LogP contribution in [0.4, 0.5) is 0 Å². The number of benzene rings is 2. The molecule has 0 radical (unpaired) electrons. The van der Waals surface area contributed by atoms with Gasteiger partial charge in [0.15, 0.2) is 0 Å². The molecule has 1 unspecified atom stereocenters. The Balaban J connectivity index is 2.00. The molecule has 0 spiro atoms. The van der Waals surface area contributed by atoms with E-state index in [9.17, 15) is 5.11 Å². The van der Waals surface area contributed by atoms with Crippen LogP contribution < -0.4 is 0 Å². The van der Waals surface area contributed by atoms with Crippen LogP contribution in [0, 0.1) is 6.92 Å². The van der Waals surface area contributed by atoms with Crippen molar-refractivity contribution in [2.24, 2.45) is 0 Å². The van der Waals surface area contributed by atoms with E-state index < -0.39 is 6.10 Å². The van der Waals surface area contributed by atoms with Gasteiger partial charge in [-0.2, -0.15) is 0 Å². The lowest BCUT2D eigenvalue weighted by Gasteiger charge is -2.12. The molecule has 0 aliphatic carbocycles.